The molecule has 0 heterocycles. The summed E-state index contributed by atoms with van der Waals surface area (Å²) < 4.78 is 8.43. The van der Waals surface area contributed by atoms with Gasteiger partial charge in [0.1, 0.15) is 21.0 Å². The van der Waals surface area contributed by atoms with E-state index in [4.69, 9.17) is 9.47 Å². The van der Waals surface area contributed by atoms with E-state index in [1.165, 1.54) is 18.2 Å². The number of carbonyl (C=O) groups is 2. The SMILES string of the molecule is CC(C)(Br)C(=O)OCc1cc(OC(=O)C(C)(C)Br)ccc1[N+](=O)[O-]. The number of rotatable bonds is 6. The van der Waals surface area contributed by atoms with Crippen LogP contribution in [-0.4, -0.2) is 25.5 Å². The predicted molar refractivity (Wildman–Crippen MR) is 94.5 cm³/mol. The maximum absolute atomic E-state index is 11.9. The van der Waals surface area contributed by atoms with Crippen LogP contribution in [-0.2, 0) is 20.9 Å². The van der Waals surface area contributed by atoms with Crippen LogP contribution in [0.15, 0.2) is 18.2 Å². The van der Waals surface area contributed by atoms with E-state index in [-0.39, 0.29) is 23.6 Å². The molecule has 132 valence electrons. The Morgan fingerprint density at radius 3 is 2.12 bits per heavy atom. The van der Waals surface area contributed by atoms with Crippen molar-refractivity contribution in [3.05, 3.63) is 33.9 Å². The van der Waals surface area contributed by atoms with Gasteiger partial charge in [-0.25, -0.2) is 0 Å². The highest BCUT2D eigenvalue weighted by molar-refractivity contribution is 9.10. The Labute approximate surface area is 156 Å². The number of nitrogens with zero attached hydrogens (tertiary/aromatic N) is 1. The summed E-state index contributed by atoms with van der Waals surface area (Å²) >= 11 is 6.32. The second-order valence-corrected chi connectivity index (χ2v) is 9.92. The highest BCUT2D eigenvalue weighted by Gasteiger charge is 2.28. The molecular weight excluding hydrogens is 450 g/mol. The largest absolute Gasteiger partial charge is 0.460 e. The lowest BCUT2D eigenvalue weighted by Crippen LogP contribution is -2.29. The van der Waals surface area contributed by atoms with Crippen LogP contribution >= 0.6 is 31.9 Å². The molecule has 0 aliphatic heterocycles. The first-order valence-corrected chi connectivity index (χ1v) is 8.45. The van der Waals surface area contributed by atoms with E-state index in [0.717, 1.165) is 0 Å². The molecule has 0 fully saturated rings. The Morgan fingerprint density at radius 1 is 1.12 bits per heavy atom. The minimum Gasteiger partial charge on any atom is -0.460 e. The third-order valence-electron chi connectivity index (χ3n) is 2.79. The van der Waals surface area contributed by atoms with Crippen LogP contribution in [0.3, 0.4) is 0 Å². The van der Waals surface area contributed by atoms with Gasteiger partial charge in [0.25, 0.3) is 5.69 Å². The van der Waals surface area contributed by atoms with Gasteiger partial charge >= 0.3 is 11.9 Å². The number of esters is 2. The van der Waals surface area contributed by atoms with Gasteiger partial charge in [0.05, 0.1) is 10.5 Å². The van der Waals surface area contributed by atoms with Crippen LogP contribution in [0.2, 0.25) is 0 Å². The van der Waals surface area contributed by atoms with Crippen molar-refractivity contribution in [1.29, 1.82) is 0 Å². The summed E-state index contributed by atoms with van der Waals surface area (Å²) in [5.74, 6) is -0.996. The molecule has 0 unspecified atom stereocenters. The van der Waals surface area contributed by atoms with Crippen molar-refractivity contribution < 1.29 is 24.0 Å². The van der Waals surface area contributed by atoms with Crippen LogP contribution in [0.1, 0.15) is 33.3 Å². The van der Waals surface area contributed by atoms with Crippen molar-refractivity contribution in [2.45, 2.75) is 43.0 Å². The van der Waals surface area contributed by atoms with E-state index in [0.29, 0.717) is 0 Å². The molecule has 0 spiro atoms. The zero-order valence-corrected chi connectivity index (χ0v) is 16.8. The van der Waals surface area contributed by atoms with Gasteiger partial charge in [-0.1, -0.05) is 31.9 Å². The zero-order chi connectivity index (χ0) is 18.7. The maximum Gasteiger partial charge on any atom is 0.327 e. The number of ether oxygens (including phenoxy) is 2. The Bertz CT molecular complexity index is 661. The average molecular weight is 467 g/mol. The lowest BCUT2D eigenvalue weighted by molar-refractivity contribution is -0.385. The Hall–Kier alpha value is -1.48. The third kappa shape index (κ3) is 5.86. The molecule has 0 bridgehead atoms. The number of carbonyl (C=O) groups excluding carboxylic acids is 2. The van der Waals surface area contributed by atoms with E-state index in [2.05, 4.69) is 31.9 Å². The smallest absolute Gasteiger partial charge is 0.327 e. The number of hydrogen-bond donors (Lipinski definition) is 0. The summed E-state index contributed by atoms with van der Waals surface area (Å²) in [4.78, 5) is 34.2. The first-order chi connectivity index (χ1) is 10.8. The molecule has 1 aromatic carbocycles. The first-order valence-electron chi connectivity index (χ1n) is 6.87. The quantitative estimate of drug-likeness (QED) is 0.207. The fourth-order valence-corrected chi connectivity index (χ4v) is 1.66. The molecule has 0 saturated carbocycles. The monoisotopic (exact) mass is 465 g/mol. The van der Waals surface area contributed by atoms with Gasteiger partial charge in [0.2, 0.25) is 0 Å². The summed E-state index contributed by atoms with van der Waals surface area (Å²) in [6.07, 6.45) is 0. The van der Waals surface area contributed by atoms with E-state index in [9.17, 15) is 19.7 Å². The summed E-state index contributed by atoms with van der Waals surface area (Å²) in [5.41, 5.74) is -0.101. The van der Waals surface area contributed by atoms with Gasteiger partial charge in [-0.15, -0.1) is 0 Å². The minimum absolute atomic E-state index is 0.127. The molecule has 0 aliphatic rings. The van der Waals surface area contributed by atoms with Crippen molar-refractivity contribution >= 4 is 49.5 Å². The van der Waals surface area contributed by atoms with Crippen molar-refractivity contribution in [1.82, 2.24) is 0 Å². The molecule has 9 heteroatoms. The summed E-state index contributed by atoms with van der Waals surface area (Å²) in [5, 5.41) is 11.1. The van der Waals surface area contributed by atoms with Gasteiger partial charge in [-0.3, -0.25) is 19.7 Å². The first kappa shape index (κ1) is 20.6. The molecule has 1 aromatic rings. The fourth-order valence-electron chi connectivity index (χ4n) is 1.46. The van der Waals surface area contributed by atoms with E-state index < -0.39 is 25.5 Å². The number of hydrogen-bond acceptors (Lipinski definition) is 6. The van der Waals surface area contributed by atoms with Gasteiger partial charge < -0.3 is 9.47 Å². The number of nitro benzene ring substituents is 1. The van der Waals surface area contributed by atoms with Gasteiger partial charge in [0.15, 0.2) is 0 Å². The molecule has 0 saturated heterocycles. The van der Waals surface area contributed by atoms with Crippen molar-refractivity contribution in [3.63, 3.8) is 0 Å². The van der Waals surface area contributed by atoms with E-state index in [1.807, 2.05) is 0 Å². The van der Waals surface area contributed by atoms with Crippen LogP contribution in [0.4, 0.5) is 5.69 Å². The normalized spacial score (nSPS) is 11.8. The number of nitro groups is 1. The van der Waals surface area contributed by atoms with Crippen LogP contribution in [0.5, 0.6) is 5.75 Å². The van der Waals surface area contributed by atoms with E-state index in [1.54, 1.807) is 27.7 Å². The lowest BCUT2D eigenvalue weighted by atomic mass is 10.1. The van der Waals surface area contributed by atoms with Crippen LogP contribution < -0.4 is 4.74 Å². The summed E-state index contributed by atoms with van der Waals surface area (Å²) in [6, 6.07) is 3.82. The Kier molecular flexibility index (Phi) is 6.52. The topological polar surface area (TPSA) is 95.7 Å². The van der Waals surface area contributed by atoms with Crippen LogP contribution in [0.25, 0.3) is 0 Å². The van der Waals surface area contributed by atoms with Crippen LogP contribution in [0, 0.1) is 10.1 Å². The molecule has 0 atom stereocenters. The lowest BCUT2D eigenvalue weighted by Gasteiger charge is -2.16. The standard InChI is InChI=1S/C15H17Br2NO6/c1-14(2,16)12(19)23-8-9-7-10(5-6-11(9)18(21)22)24-13(20)15(3,4)17/h5-7H,8H2,1-4H3. The van der Waals surface area contributed by atoms with E-state index >= 15 is 0 Å². The molecule has 0 aromatic heterocycles. The molecule has 7 nitrogen and oxygen atoms in total. The molecule has 24 heavy (non-hydrogen) atoms. The average Bonchev–Trinajstić information content (AvgIpc) is 2.42. The second kappa shape index (κ2) is 7.60. The minimum atomic E-state index is -0.911. The highest BCUT2D eigenvalue weighted by atomic mass is 79.9. The Balaban J connectivity index is 3.03. The zero-order valence-electron chi connectivity index (χ0n) is 13.6. The molecule has 0 amide bonds. The van der Waals surface area contributed by atoms with Crippen molar-refractivity contribution in [2.75, 3.05) is 0 Å². The van der Waals surface area contributed by atoms with Gasteiger partial charge in [0, 0.05) is 6.07 Å². The fraction of sp³-hybridized carbons (Fsp3) is 0.467. The Morgan fingerprint density at radius 2 is 1.67 bits per heavy atom. The summed E-state index contributed by atoms with van der Waals surface area (Å²) in [7, 11) is 0. The highest BCUT2D eigenvalue weighted by Crippen LogP contribution is 2.28. The van der Waals surface area contributed by atoms with Gasteiger partial charge in [-0.05, 0) is 39.8 Å². The number of alkyl halides is 2. The molecule has 1 rings (SSSR count). The van der Waals surface area contributed by atoms with Crippen molar-refractivity contribution in [2.24, 2.45) is 0 Å². The van der Waals surface area contributed by atoms with Gasteiger partial charge in [-0.2, -0.15) is 0 Å². The predicted octanol–water partition coefficient (Wildman–Crippen LogP) is 3.89. The molecular formula is C15H17Br2NO6. The maximum atomic E-state index is 11.9. The number of benzene rings is 1. The number of halogens is 2. The third-order valence-corrected chi connectivity index (χ3v) is 3.44. The molecule has 0 aliphatic carbocycles. The summed E-state index contributed by atoms with van der Waals surface area (Å²) in [6.45, 7) is 6.11. The second-order valence-electron chi connectivity index (χ2n) is 5.96. The molecule has 0 N–H and O–H groups in total. The molecule has 0 radical (unpaired) electrons. The van der Waals surface area contributed by atoms with Crippen molar-refractivity contribution in [3.8, 4) is 5.75 Å².